The zero-order chi connectivity index (χ0) is 15.4. The highest BCUT2D eigenvalue weighted by Gasteiger charge is 2.31. The molecule has 0 saturated heterocycles. The molecule has 0 unspecified atom stereocenters. The van der Waals surface area contributed by atoms with Gasteiger partial charge in [0.15, 0.2) is 0 Å². The van der Waals surface area contributed by atoms with Gasteiger partial charge in [-0.25, -0.2) is 0 Å². The number of hydrogen-bond acceptors (Lipinski definition) is 3. The number of allylic oxidation sites excluding steroid dienone is 2. The van der Waals surface area contributed by atoms with Gasteiger partial charge in [-0.05, 0) is 31.6 Å². The number of nitrogens with one attached hydrogen (secondary N) is 1. The van der Waals surface area contributed by atoms with Crippen LogP contribution in [-0.4, -0.2) is 17.9 Å². The highest BCUT2D eigenvalue weighted by molar-refractivity contribution is 5.85. The van der Waals surface area contributed by atoms with Crippen LogP contribution in [0.2, 0.25) is 0 Å². The summed E-state index contributed by atoms with van der Waals surface area (Å²) in [6.45, 7) is 0. The molecule has 1 aromatic rings. The van der Waals surface area contributed by atoms with E-state index in [2.05, 4.69) is 17.5 Å². The lowest BCUT2D eigenvalue weighted by molar-refractivity contribution is -0.157. The Hall–Kier alpha value is -2.10. The van der Waals surface area contributed by atoms with Crippen LogP contribution < -0.4 is 5.32 Å². The van der Waals surface area contributed by atoms with Crippen molar-refractivity contribution in [3.05, 3.63) is 48.0 Å². The van der Waals surface area contributed by atoms with Crippen molar-refractivity contribution in [1.82, 2.24) is 5.32 Å². The maximum Gasteiger partial charge on any atom is 0.307 e. The molecular weight excluding hydrogens is 278 g/mol. The molecule has 0 heterocycles. The second-order valence-corrected chi connectivity index (χ2v) is 6.03. The first kappa shape index (κ1) is 14.8. The number of carbonyl (C=O) groups excluding carboxylic acids is 2. The SMILES string of the molecule is O=C(C[C@@H]1C=CCC1)O[C@H](C(=O)NC1CC1)c1ccccc1. The average molecular weight is 299 g/mol. The number of amides is 1. The average Bonchev–Trinajstić information content (AvgIpc) is 3.19. The first-order valence-electron chi connectivity index (χ1n) is 7.94. The van der Waals surface area contributed by atoms with Crippen LogP contribution in [0.4, 0.5) is 0 Å². The molecule has 0 radical (unpaired) electrons. The summed E-state index contributed by atoms with van der Waals surface area (Å²) in [5, 5.41) is 2.92. The summed E-state index contributed by atoms with van der Waals surface area (Å²) in [5.74, 6) is -0.282. The van der Waals surface area contributed by atoms with Crippen molar-refractivity contribution in [3.8, 4) is 0 Å². The molecule has 1 fully saturated rings. The number of rotatable bonds is 6. The van der Waals surface area contributed by atoms with Crippen molar-refractivity contribution in [2.24, 2.45) is 5.92 Å². The zero-order valence-corrected chi connectivity index (χ0v) is 12.5. The monoisotopic (exact) mass is 299 g/mol. The largest absolute Gasteiger partial charge is 0.447 e. The van der Waals surface area contributed by atoms with Gasteiger partial charge in [0, 0.05) is 11.6 Å². The molecule has 1 N–H and O–H groups in total. The Morgan fingerprint density at radius 1 is 1.18 bits per heavy atom. The summed E-state index contributed by atoms with van der Waals surface area (Å²) >= 11 is 0. The normalized spacial score (nSPS) is 21.4. The summed E-state index contributed by atoms with van der Waals surface area (Å²) in [6.07, 6.45) is 7.66. The molecule has 0 aliphatic heterocycles. The fraction of sp³-hybridized carbons (Fsp3) is 0.444. The Labute approximate surface area is 130 Å². The molecule has 116 valence electrons. The Morgan fingerprint density at radius 3 is 2.59 bits per heavy atom. The van der Waals surface area contributed by atoms with Gasteiger partial charge in [0.05, 0.1) is 6.42 Å². The van der Waals surface area contributed by atoms with Crippen molar-refractivity contribution in [1.29, 1.82) is 0 Å². The molecule has 22 heavy (non-hydrogen) atoms. The second kappa shape index (κ2) is 6.77. The van der Waals surface area contributed by atoms with Crippen LogP contribution in [0.15, 0.2) is 42.5 Å². The van der Waals surface area contributed by atoms with Gasteiger partial charge < -0.3 is 10.1 Å². The highest BCUT2D eigenvalue weighted by atomic mass is 16.5. The number of hydrogen-bond donors (Lipinski definition) is 1. The minimum Gasteiger partial charge on any atom is -0.447 e. The number of benzene rings is 1. The minimum atomic E-state index is -0.848. The summed E-state index contributed by atoms with van der Waals surface area (Å²) in [5.41, 5.74) is 0.718. The van der Waals surface area contributed by atoms with E-state index in [1.165, 1.54) is 0 Å². The summed E-state index contributed by atoms with van der Waals surface area (Å²) in [6, 6.07) is 9.46. The number of esters is 1. The number of ether oxygens (including phenoxy) is 1. The van der Waals surface area contributed by atoms with E-state index in [4.69, 9.17) is 4.74 Å². The zero-order valence-electron chi connectivity index (χ0n) is 12.5. The van der Waals surface area contributed by atoms with Gasteiger partial charge in [-0.2, -0.15) is 0 Å². The van der Waals surface area contributed by atoms with Gasteiger partial charge in [-0.3, -0.25) is 9.59 Å². The lowest BCUT2D eigenvalue weighted by Crippen LogP contribution is -2.33. The molecule has 0 bridgehead atoms. The van der Waals surface area contributed by atoms with Crippen LogP contribution in [-0.2, 0) is 14.3 Å². The Kier molecular flexibility index (Phi) is 4.56. The lowest BCUT2D eigenvalue weighted by Gasteiger charge is -2.18. The predicted molar refractivity (Wildman–Crippen MR) is 82.9 cm³/mol. The molecule has 2 aliphatic carbocycles. The Bertz CT molecular complexity index is 563. The molecule has 0 aromatic heterocycles. The van der Waals surface area contributed by atoms with Gasteiger partial charge in [-0.1, -0.05) is 42.5 Å². The van der Waals surface area contributed by atoms with Crippen molar-refractivity contribution >= 4 is 11.9 Å². The first-order valence-corrected chi connectivity index (χ1v) is 7.94. The van der Waals surface area contributed by atoms with Gasteiger partial charge in [-0.15, -0.1) is 0 Å². The van der Waals surface area contributed by atoms with E-state index in [0.29, 0.717) is 6.42 Å². The van der Waals surface area contributed by atoms with Crippen LogP contribution in [0, 0.1) is 5.92 Å². The van der Waals surface area contributed by atoms with E-state index < -0.39 is 6.10 Å². The van der Waals surface area contributed by atoms with E-state index >= 15 is 0 Å². The van der Waals surface area contributed by atoms with Crippen LogP contribution in [0.25, 0.3) is 0 Å². The fourth-order valence-electron chi connectivity index (χ4n) is 2.66. The first-order chi connectivity index (χ1) is 10.7. The molecular formula is C18H21NO3. The van der Waals surface area contributed by atoms with Crippen LogP contribution in [0.5, 0.6) is 0 Å². The molecule has 2 atom stereocenters. The predicted octanol–water partition coefficient (Wildman–Crippen LogP) is 2.91. The molecule has 1 saturated carbocycles. The molecule has 0 spiro atoms. The summed E-state index contributed by atoms with van der Waals surface area (Å²) < 4.78 is 5.50. The van der Waals surface area contributed by atoms with Crippen LogP contribution in [0.1, 0.15) is 43.8 Å². The van der Waals surface area contributed by atoms with Crippen molar-refractivity contribution < 1.29 is 14.3 Å². The smallest absolute Gasteiger partial charge is 0.307 e. The quantitative estimate of drug-likeness (QED) is 0.649. The molecule has 4 nitrogen and oxygen atoms in total. The van der Waals surface area contributed by atoms with Crippen LogP contribution >= 0.6 is 0 Å². The highest BCUT2D eigenvalue weighted by Crippen LogP contribution is 2.25. The molecule has 1 amide bonds. The Balaban J connectivity index is 1.65. The van der Waals surface area contributed by atoms with Crippen molar-refractivity contribution in [3.63, 3.8) is 0 Å². The van der Waals surface area contributed by atoms with Gasteiger partial charge in [0.25, 0.3) is 5.91 Å². The second-order valence-electron chi connectivity index (χ2n) is 6.03. The molecule has 2 aliphatic rings. The minimum absolute atomic E-state index is 0.219. The van der Waals surface area contributed by atoms with Crippen molar-refractivity contribution in [2.45, 2.75) is 44.2 Å². The van der Waals surface area contributed by atoms with Gasteiger partial charge in [0.2, 0.25) is 6.10 Å². The molecule has 3 rings (SSSR count). The lowest BCUT2D eigenvalue weighted by atomic mass is 10.1. The maximum absolute atomic E-state index is 12.4. The fourth-order valence-corrected chi connectivity index (χ4v) is 2.66. The topological polar surface area (TPSA) is 55.4 Å². The van der Waals surface area contributed by atoms with Gasteiger partial charge >= 0.3 is 5.97 Å². The molecule has 1 aromatic carbocycles. The summed E-state index contributed by atoms with van der Waals surface area (Å²) in [7, 11) is 0. The standard InChI is InChI=1S/C18H21NO3/c20-16(12-13-6-4-5-7-13)22-17(14-8-2-1-3-9-14)18(21)19-15-10-11-15/h1-4,6,8-9,13,15,17H,5,7,10-12H2,(H,19,21)/t13-,17+/m1/s1. The number of carbonyl (C=O) groups is 2. The maximum atomic E-state index is 12.4. The van der Waals surface area contributed by atoms with Crippen molar-refractivity contribution in [2.75, 3.05) is 0 Å². The van der Waals surface area contributed by atoms with E-state index in [9.17, 15) is 9.59 Å². The molecule has 4 heteroatoms. The summed E-state index contributed by atoms with van der Waals surface area (Å²) in [4.78, 5) is 24.5. The van der Waals surface area contributed by atoms with E-state index in [0.717, 1.165) is 31.2 Å². The van der Waals surface area contributed by atoms with E-state index in [1.54, 1.807) is 0 Å². The Morgan fingerprint density at radius 2 is 1.95 bits per heavy atom. The third kappa shape index (κ3) is 3.97. The van der Waals surface area contributed by atoms with E-state index in [1.807, 2.05) is 30.3 Å². The third-order valence-corrected chi connectivity index (χ3v) is 4.05. The van der Waals surface area contributed by atoms with Crippen LogP contribution in [0.3, 0.4) is 0 Å². The third-order valence-electron chi connectivity index (χ3n) is 4.05. The van der Waals surface area contributed by atoms with Gasteiger partial charge in [0.1, 0.15) is 0 Å². The van der Waals surface area contributed by atoms with E-state index in [-0.39, 0.29) is 23.8 Å².